The lowest BCUT2D eigenvalue weighted by Crippen LogP contribution is -2.16. The minimum Gasteiger partial charge on any atom is -0.399 e. The fourth-order valence-corrected chi connectivity index (χ4v) is 4.11. The lowest BCUT2D eigenvalue weighted by atomic mass is 10.2. The molecule has 2 aromatic carbocycles. The number of sulfone groups is 1. The van der Waals surface area contributed by atoms with Crippen LogP contribution in [0.5, 0.6) is 0 Å². The molecule has 0 heterocycles. The molecule has 0 aliphatic rings. The first-order chi connectivity index (χ1) is 9.70. The Morgan fingerprint density at radius 3 is 2.00 bits per heavy atom. The highest BCUT2D eigenvalue weighted by Gasteiger charge is 2.20. The molecule has 2 rings (SSSR count). The highest BCUT2D eigenvalue weighted by Crippen LogP contribution is 2.21. The van der Waals surface area contributed by atoms with Crippen LogP contribution in [0.2, 0.25) is 0 Å². The number of nitrogens with two attached hydrogens (primary N) is 2. The number of benzene rings is 2. The third kappa shape index (κ3) is 3.60. The lowest BCUT2D eigenvalue weighted by molar-refractivity contribution is 0.593. The molecular formula is C13H14N2O4S2. The van der Waals surface area contributed by atoms with Crippen LogP contribution in [0, 0.1) is 0 Å². The van der Waals surface area contributed by atoms with Gasteiger partial charge in [0.1, 0.15) is 0 Å². The van der Waals surface area contributed by atoms with Crippen LogP contribution in [0.3, 0.4) is 0 Å². The van der Waals surface area contributed by atoms with Gasteiger partial charge in [-0.15, -0.1) is 0 Å². The van der Waals surface area contributed by atoms with E-state index in [-0.39, 0.29) is 15.4 Å². The highest BCUT2D eigenvalue weighted by atomic mass is 32.2. The van der Waals surface area contributed by atoms with Crippen molar-refractivity contribution in [1.82, 2.24) is 0 Å². The van der Waals surface area contributed by atoms with E-state index in [1.165, 1.54) is 42.5 Å². The smallest absolute Gasteiger partial charge is 0.238 e. The van der Waals surface area contributed by atoms with Crippen LogP contribution in [-0.2, 0) is 25.6 Å². The fourth-order valence-electron chi connectivity index (χ4n) is 1.86. The van der Waals surface area contributed by atoms with Gasteiger partial charge in [-0.2, -0.15) is 0 Å². The molecule has 2 aromatic rings. The van der Waals surface area contributed by atoms with Gasteiger partial charge in [-0.1, -0.05) is 18.2 Å². The molecule has 0 amide bonds. The summed E-state index contributed by atoms with van der Waals surface area (Å²) in [6, 6.07) is 11.4. The maximum atomic E-state index is 12.3. The molecule has 0 bridgehead atoms. The molecule has 6 nitrogen and oxygen atoms in total. The van der Waals surface area contributed by atoms with Crippen molar-refractivity contribution in [3.8, 4) is 0 Å². The Labute approximate surface area is 123 Å². The van der Waals surface area contributed by atoms with E-state index in [0.29, 0.717) is 5.69 Å². The quantitative estimate of drug-likeness (QED) is 0.808. The summed E-state index contributed by atoms with van der Waals surface area (Å²) in [6.45, 7) is 0. The van der Waals surface area contributed by atoms with Crippen molar-refractivity contribution in [2.75, 3.05) is 5.73 Å². The van der Waals surface area contributed by atoms with Crippen LogP contribution >= 0.6 is 0 Å². The van der Waals surface area contributed by atoms with E-state index in [0.717, 1.165) is 0 Å². The third-order valence-corrected chi connectivity index (χ3v) is 5.56. The van der Waals surface area contributed by atoms with E-state index in [1.807, 2.05) is 0 Å². The molecular weight excluding hydrogens is 312 g/mol. The SMILES string of the molecule is Nc1ccc(S(=O)(=O)Cc2ccccc2S(N)(=O)=O)cc1. The van der Waals surface area contributed by atoms with Gasteiger partial charge in [0, 0.05) is 5.69 Å². The summed E-state index contributed by atoms with van der Waals surface area (Å²) in [6.07, 6.45) is 0. The van der Waals surface area contributed by atoms with Gasteiger partial charge in [-0.3, -0.25) is 0 Å². The van der Waals surface area contributed by atoms with E-state index in [9.17, 15) is 16.8 Å². The van der Waals surface area contributed by atoms with Crippen molar-refractivity contribution in [1.29, 1.82) is 0 Å². The van der Waals surface area contributed by atoms with Crippen LogP contribution in [0.1, 0.15) is 5.56 Å². The summed E-state index contributed by atoms with van der Waals surface area (Å²) in [4.78, 5) is -0.120. The summed E-state index contributed by atoms with van der Waals surface area (Å²) < 4.78 is 47.6. The first-order valence-electron chi connectivity index (χ1n) is 5.89. The molecule has 4 N–H and O–H groups in total. The number of nitrogen functional groups attached to an aromatic ring is 1. The standard InChI is InChI=1S/C13H14N2O4S2/c14-11-5-7-12(8-6-11)20(16,17)9-10-3-1-2-4-13(10)21(15,18)19/h1-8H,9,14H2,(H2,15,18,19). The van der Waals surface area contributed by atoms with E-state index >= 15 is 0 Å². The Morgan fingerprint density at radius 1 is 0.857 bits per heavy atom. The van der Waals surface area contributed by atoms with Crippen molar-refractivity contribution in [2.45, 2.75) is 15.5 Å². The molecule has 0 atom stereocenters. The second-order valence-corrected chi connectivity index (χ2v) is 8.00. The molecule has 0 saturated heterocycles. The van der Waals surface area contributed by atoms with Crippen LogP contribution in [0.25, 0.3) is 0 Å². The number of hydrogen-bond donors (Lipinski definition) is 2. The maximum absolute atomic E-state index is 12.3. The zero-order valence-corrected chi connectivity index (χ0v) is 12.6. The lowest BCUT2D eigenvalue weighted by Gasteiger charge is -2.09. The minimum absolute atomic E-state index is 0.0703. The summed E-state index contributed by atoms with van der Waals surface area (Å²) in [5.74, 6) is -0.455. The molecule has 0 aromatic heterocycles. The van der Waals surface area contributed by atoms with Gasteiger partial charge >= 0.3 is 0 Å². The van der Waals surface area contributed by atoms with Gasteiger partial charge < -0.3 is 5.73 Å². The number of primary sulfonamides is 1. The number of rotatable bonds is 4. The summed E-state index contributed by atoms with van der Waals surface area (Å²) in [5, 5.41) is 5.10. The topological polar surface area (TPSA) is 120 Å². The second kappa shape index (κ2) is 5.47. The van der Waals surface area contributed by atoms with Gasteiger partial charge in [-0.05, 0) is 35.9 Å². The van der Waals surface area contributed by atoms with Crippen molar-refractivity contribution in [3.05, 3.63) is 54.1 Å². The largest absolute Gasteiger partial charge is 0.399 e. The summed E-state index contributed by atoms with van der Waals surface area (Å²) in [7, 11) is -7.67. The molecule has 0 saturated carbocycles. The van der Waals surface area contributed by atoms with Crippen molar-refractivity contribution < 1.29 is 16.8 Å². The van der Waals surface area contributed by atoms with Crippen LogP contribution in [-0.4, -0.2) is 16.8 Å². The zero-order chi connectivity index (χ0) is 15.7. The summed E-state index contributed by atoms with van der Waals surface area (Å²) >= 11 is 0. The van der Waals surface area contributed by atoms with Gasteiger partial charge in [0.25, 0.3) is 0 Å². The second-order valence-electron chi connectivity index (χ2n) is 4.48. The van der Waals surface area contributed by atoms with E-state index in [1.54, 1.807) is 6.07 Å². The Kier molecular flexibility index (Phi) is 4.04. The van der Waals surface area contributed by atoms with Crippen molar-refractivity contribution in [3.63, 3.8) is 0 Å². The van der Waals surface area contributed by atoms with Crippen LogP contribution in [0.15, 0.2) is 58.3 Å². The zero-order valence-electron chi connectivity index (χ0n) is 10.9. The number of anilines is 1. The monoisotopic (exact) mass is 326 g/mol. The molecule has 0 unspecified atom stereocenters. The molecule has 0 spiro atoms. The van der Waals surface area contributed by atoms with Crippen molar-refractivity contribution in [2.24, 2.45) is 5.14 Å². The van der Waals surface area contributed by atoms with Crippen LogP contribution in [0.4, 0.5) is 5.69 Å². The van der Waals surface area contributed by atoms with E-state index in [4.69, 9.17) is 10.9 Å². The average molecular weight is 326 g/mol. The fraction of sp³-hybridized carbons (Fsp3) is 0.0769. The highest BCUT2D eigenvalue weighted by molar-refractivity contribution is 7.91. The minimum atomic E-state index is -3.98. The van der Waals surface area contributed by atoms with Gasteiger partial charge in [0.2, 0.25) is 10.0 Å². The Bertz CT molecular complexity index is 857. The molecule has 0 aliphatic carbocycles. The predicted octanol–water partition coefficient (Wildman–Crippen LogP) is 0.890. The molecule has 0 aliphatic heterocycles. The first kappa shape index (κ1) is 15.5. The Hall–Kier alpha value is -1.90. The number of hydrogen-bond acceptors (Lipinski definition) is 5. The average Bonchev–Trinajstić information content (AvgIpc) is 2.38. The number of sulfonamides is 1. The molecule has 112 valence electrons. The Morgan fingerprint density at radius 2 is 1.43 bits per heavy atom. The van der Waals surface area contributed by atoms with Gasteiger partial charge in [0.15, 0.2) is 9.84 Å². The van der Waals surface area contributed by atoms with Gasteiger partial charge in [-0.25, -0.2) is 22.0 Å². The predicted molar refractivity (Wildman–Crippen MR) is 79.6 cm³/mol. The summed E-state index contributed by atoms with van der Waals surface area (Å²) in [5.41, 5.74) is 6.09. The van der Waals surface area contributed by atoms with Crippen LogP contribution < -0.4 is 10.9 Å². The third-order valence-electron chi connectivity index (χ3n) is 2.86. The molecule has 0 radical (unpaired) electrons. The van der Waals surface area contributed by atoms with E-state index in [2.05, 4.69) is 0 Å². The molecule has 0 fully saturated rings. The van der Waals surface area contributed by atoms with Crippen molar-refractivity contribution >= 4 is 25.5 Å². The molecule has 8 heteroatoms. The van der Waals surface area contributed by atoms with Gasteiger partial charge in [0.05, 0.1) is 15.5 Å². The Balaban J connectivity index is 2.45. The first-order valence-corrected chi connectivity index (χ1v) is 9.09. The normalized spacial score (nSPS) is 12.2. The molecule has 21 heavy (non-hydrogen) atoms. The maximum Gasteiger partial charge on any atom is 0.238 e. The van der Waals surface area contributed by atoms with E-state index < -0.39 is 25.6 Å².